The Morgan fingerprint density at radius 3 is 2.79 bits per heavy atom. The van der Waals surface area contributed by atoms with Gasteiger partial charge in [-0.05, 0) is 19.1 Å². The van der Waals surface area contributed by atoms with Crippen LogP contribution in [0.2, 0.25) is 10.0 Å². The maximum atomic E-state index is 14.7. The van der Waals surface area contributed by atoms with Gasteiger partial charge in [-0.15, -0.1) is 0 Å². The molecule has 2 aromatic carbocycles. The van der Waals surface area contributed by atoms with Gasteiger partial charge < -0.3 is 19.8 Å². The van der Waals surface area contributed by atoms with Crippen molar-refractivity contribution in [3.05, 3.63) is 51.5 Å². The highest BCUT2D eigenvalue weighted by molar-refractivity contribution is 6.36. The summed E-state index contributed by atoms with van der Waals surface area (Å²) in [5, 5.41) is 5.37. The molecule has 8 nitrogen and oxygen atoms in total. The van der Waals surface area contributed by atoms with E-state index in [-0.39, 0.29) is 27.3 Å². The van der Waals surface area contributed by atoms with Gasteiger partial charge in [-0.1, -0.05) is 23.2 Å². The molecule has 34 heavy (non-hydrogen) atoms. The van der Waals surface area contributed by atoms with Crippen molar-refractivity contribution in [2.24, 2.45) is 0 Å². The van der Waals surface area contributed by atoms with E-state index in [1.165, 1.54) is 18.2 Å². The number of benzene rings is 2. The van der Waals surface area contributed by atoms with Crippen molar-refractivity contribution in [2.45, 2.75) is 13.0 Å². The van der Waals surface area contributed by atoms with Crippen LogP contribution < -0.4 is 15.4 Å². The summed E-state index contributed by atoms with van der Waals surface area (Å²) < 4.78 is 39.5. The van der Waals surface area contributed by atoms with Gasteiger partial charge >= 0.3 is 6.03 Å². The van der Waals surface area contributed by atoms with E-state index in [4.69, 9.17) is 32.7 Å². The molecule has 1 unspecified atom stereocenters. The first-order valence-corrected chi connectivity index (χ1v) is 11.4. The Balaban J connectivity index is 1.40. The number of anilines is 1. The number of morpholine rings is 1. The predicted octanol–water partition coefficient (Wildman–Crippen LogP) is 4.74. The molecule has 4 rings (SSSR count). The van der Waals surface area contributed by atoms with Crippen LogP contribution in [0.4, 0.5) is 19.5 Å². The molecule has 0 radical (unpaired) electrons. The molecule has 0 saturated carbocycles. The number of carbonyl (C=O) groups is 1. The first-order chi connectivity index (χ1) is 16.3. The zero-order chi connectivity index (χ0) is 24.2. The summed E-state index contributed by atoms with van der Waals surface area (Å²) in [4.78, 5) is 21.5. The SMILES string of the molecule is CC(Oc1cc2[nH]c(NC(=O)NCCN3CCOCC3)nc2cc1F)c1c(Cl)ccc(F)c1Cl. The second-order valence-electron chi connectivity index (χ2n) is 7.74. The van der Waals surface area contributed by atoms with Crippen LogP contribution in [0, 0.1) is 11.6 Å². The maximum Gasteiger partial charge on any atom is 0.321 e. The molecular weight excluding hydrogens is 491 g/mol. The molecule has 0 spiro atoms. The standard InChI is InChI=1S/C22H23Cl2F2N5O3/c1-12(19-13(23)2-3-14(25)20(19)24)34-18-11-17-16(10-15(18)26)28-21(29-17)30-22(32)27-4-5-31-6-8-33-9-7-31/h2-3,10-12H,4-9H2,1H3,(H3,27,28,29,30,32). The Kier molecular flexibility index (Phi) is 7.72. The number of hydrogen-bond donors (Lipinski definition) is 3. The van der Waals surface area contributed by atoms with E-state index in [2.05, 4.69) is 25.5 Å². The monoisotopic (exact) mass is 513 g/mol. The lowest BCUT2D eigenvalue weighted by atomic mass is 10.1. The number of aromatic amines is 1. The minimum Gasteiger partial charge on any atom is -0.483 e. The summed E-state index contributed by atoms with van der Waals surface area (Å²) in [5.41, 5.74) is 0.940. The van der Waals surface area contributed by atoms with Crippen LogP contribution in [0.1, 0.15) is 18.6 Å². The fourth-order valence-electron chi connectivity index (χ4n) is 3.63. The van der Waals surface area contributed by atoms with Crippen molar-refractivity contribution in [3.63, 3.8) is 0 Å². The van der Waals surface area contributed by atoms with Gasteiger partial charge in [-0.3, -0.25) is 10.2 Å². The average molecular weight is 514 g/mol. The molecule has 3 N–H and O–H groups in total. The lowest BCUT2D eigenvalue weighted by Crippen LogP contribution is -2.42. The van der Waals surface area contributed by atoms with Crippen LogP contribution >= 0.6 is 23.2 Å². The normalized spacial score (nSPS) is 15.3. The third-order valence-corrected chi connectivity index (χ3v) is 6.09. The number of amides is 2. The van der Waals surface area contributed by atoms with Gasteiger partial charge in [0.25, 0.3) is 0 Å². The number of halogens is 4. The predicted molar refractivity (Wildman–Crippen MR) is 126 cm³/mol. The molecule has 12 heteroatoms. The summed E-state index contributed by atoms with van der Waals surface area (Å²) in [7, 11) is 0. The highest BCUT2D eigenvalue weighted by Gasteiger charge is 2.21. The van der Waals surface area contributed by atoms with Crippen molar-refractivity contribution in [3.8, 4) is 5.75 Å². The highest BCUT2D eigenvalue weighted by atomic mass is 35.5. The molecule has 182 valence electrons. The number of imidazole rings is 1. The van der Waals surface area contributed by atoms with Crippen LogP contribution in [-0.2, 0) is 4.74 Å². The molecule has 3 aromatic rings. The molecule has 1 fully saturated rings. The Morgan fingerprint density at radius 1 is 1.26 bits per heavy atom. The molecular formula is C22H23Cl2F2N5O3. The molecule has 1 atom stereocenters. The van der Waals surface area contributed by atoms with Crippen molar-refractivity contribution in [1.82, 2.24) is 20.2 Å². The fraction of sp³-hybridized carbons (Fsp3) is 0.364. The Bertz CT molecular complexity index is 1190. The van der Waals surface area contributed by atoms with Crippen LogP contribution in [0.25, 0.3) is 11.0 Å². The first-order valence-electron chi connectivity index (χ1n) is 10.7. The highest BCUT2D eigenvalue weighted by Crippen LogP contribution is 2.36. The summed E-state index contributed by atoms with van der Waals surface area (Å²) in [6, 6.07) is 4.64. The topological polar surface area (TPSA) is 91.5 Å². The molecule has 0 bridgehead atoms. The van der Waals surface area contributed by atoms with Gasteiger partial charge in [0.05, 0.1) is 29.3 Å². The number of hydrogen-bond acceptors (Lipinski definition) is 5. The van der Waals surface area contributed by atoms with Crippen molar-refractivity contribution in [2.75, 3.05) is 44.7 Å². The number of carbonyl (C=O) groups excluding carboxylic acids is 1. The minimum absolute atomic E-state index is 0.110. The van der Waals surface area contributed by atoms with E-state index in [0.29, 0.717) is 37.3 Å². The van der Waals surface area contributed by atoms with Gasteiger partial charge in [0.2, 0.25) is 5.95 Å². The lowest BCUT2D eigenvalue weighted by molar-refractivity contribution is 0.0388. The Hall–Kier alpha value is -2.66. The number of nitrogens with one attached hydrogen (secondary N) is 3. The van der Waals surface area contributed by atoms with Crippen molar-refractivity contribution < 1.29 is 23.0 Å². The van der Waals surface area contributed by atoms with E-state index in [9.17, 15) is 13.6 Å². The van der Waals surface area contributed by atoms with Crippen LogP contribution in [0.15, 0.2) is 24.3 Å². The number of nitrogens with zero attached hydrogens (tertiary/aromatic N) is 2. The third-order valence-electron chi connectivity index (χ3n) is 5.37. The van der Waals surface area contributed by atoms with Gasteiger partial charge in [0.15, 0.2) is 11.6 Å². The molecule has 1 aliphatic rings. The van der Waals surface area contributed by atoms with Gasteiger partial charge in [-0.25, -0.2) is 18.6 Å². The number of rotatable bonds is 7. The summed E-state index contributed by atoms with van der Waals surface area (Å²) in [5.74, 6) is -1.29. The lowest BCUT2D eigenvalue weighted by Gasteiger charge is -2.26. The largest absolute Gasteiger partial charge is 0.483 e. The summed E-state index contributed by atoms with van der Waals surface area (Å²) in [6.45, 7) is 5.79. The average Bonchev–Trinajstić information content (AvgIpc) is 3.18. The zero-order valence-corrected chi connectivity index (χ0v) is 19.8. The molecule has 2 heterocycles. The van der Waals surface area contributed by atoms with Crippen molar-refractivity contribution in [1.29, 1.82) is 0 Å². The van der Waals surface area contributed by atoms with Gasteiger partial charge in [0, 0.05) is 48.9 Å². The maximum absolute atomic E-state index is 14.7. The van der Waals surface area contributed by atoms with E-state index in [0.717, 1.165) is 19.2 Å². The van der Waals surface area contributed by atoms with Gasteiger partial charge in [0.1, 0.15) is 11.9 Å². The van der Waals surface area contributed by atoms with E-state index in [1.807, 2.05) is 0 Å². The second-order valence-corrected chi connectivity index (χ2v) is 8.52. The van der Waals surface area contributed by atoms with E-state index < -0.39 is 23.8 Å². The van der Waals surface area contributed by atoms with Gasteiger partial charge in [-0.2, -0.15) is 0 Å². The summed E-state index contributed by atoms with van der Waals surface area (Å²) >= 11 is 12.2. The fourth-order valence-corrected chi connectivity index (χ4v) is 4.31. The number of aromatic nitrogens is 2. The van der Waals surface area contributed by atoms with E-state index in [1.54, 1.807) is 6.92 Å². The summed E-state index contributed by atoms with van der Waals surface area (Å²) in [6.07, 6.45) is -0.833. The zero-order valence-electron chi connectivity index (χ0n) is 18.3. The van der Waals surface area contributed by atoms with Crippen LogP contribution in [0.3, 0.4) is 0 Å². The molecule has 0 aliphatic carbocycles. The Labute approximate surface area is 204 Å². The molecule has 1 saturated heterocycles. The van der Waals surface area contributed by atoms with E-state index >= 15 is 0 Å². The quantitative estimate of drug-likeness (QED) is 0.397. The smallest absolute Gasteiger partial charge is 0.321 e. The third kappa shape index (κ3) is 5.69. The van der Waals surface area contributed by atoms with Crippen molar-refractivity contribution >= 4 is 46.2 Å². The molecule has 1 aliphatic heterocycles. The number of ether oxygens (including phenoxy) is 2. The molecule has 2 amide bonds. The second kappa shape index (κ2) is 10.7. The number of fused-ring (bicyclic) bond motifs is 1. The van der Waals surface area contributed by atoms with Crippen LogP contribution in [0.5, 0.6) is 5.75 Å². The number of H-pyrrole nitrogens is 1. The molecule has 1 aromatic heterocycles. The van der Waals surface area contributed by atoms with Crippen LogP contribution in [-0.4, -0.2) is 60.3 Å². The minimum atomic E-state index is -0.833. The number of urea groups is 1. The first kappa shape index (κ1) is 24.5. The Morgan fingerprint density at radius 2 is 2.03 bits per heavy atom.